The van der Waals surface area contributed by atoms with Crippen LogP contribution in [0.3, 0.4) is 0 Å². The van der Waals surface area contributed by atoms with Crippen LogP contribution in [0.15, 0.2) is 12.3 Å². The number of likely N-dealkylation sites (N-methyl/N-ethyl adjacent to an activating group) is 1. The monoisotopic (exact) mass is 479 g/mol. The summed E-state index contributed by atoms with van der Waals surface area (Å²) in [7, 11) is 2.02. The Kier molecular flexibility index (Phi) is 4.64. The molecule has 4 bridgehead atoms. The van der Waals surface area contributed by atoms with E-state index >= 15 is 0 Å². The van der Waals surface area contributed by atoms with Crippen molar-refractivity contribution in [3.8, 4) is 11.3 Å². The standard InChI is InChI=1S/C25H33N7O3/c1-30-4-6-31(7-5-30)24(34)23(33)28-22-18-13-27-21-17(2-3-26-21)20(18)32(29-22)19-15-8-14-9-16(19)12-25(35,10-14)11-15/h2-3,14-16,19,26-27,35H,4-13H2,1H3,(H,28,29,33)/t14?,15-,16+,19?,25?. The van der Waals surface area contributed by atoms with Gasteiger partial charge in [-0.2, -0.15) is 5.10 Å². The third-order valence-electron chi connectivity index (χ3n) is 9.14. The van der Waals surface area contributed by atoms with Crippen LogP contribution in [0.2, 0.25) is 0 Å². The van der Waals surface area contributed by atoms with Gasteiger partial charge in [0.2, 0.25) is 0 Å². The Morgan fingerprint density at radius 2 is 1.89 bits per heavy atom. The van der Waals surface area contributed by atoms with E-state index in [-0.39, 0.29) is 6.04 Å². The normalized spacial score (nSPS) is 33.3. The van der Waals surface area contributed by atoms with E-state index < -0.39 is 17.4 Å². The van der Waals surface area contributed by atoms with Crippen molar-refractivity contribution in [3.63, 3.8) is 0 Å². The first-order chi connectivity index (χ1) is 16.9. The lowest BCUT2D eigenvalue weighted by Crippen LogP contribution is -2.55. The second-order valence-corrected chi connectivity index (χ2v) is 11.5. The van der Waals surface area contributed by atoms with E-state index in [1.54, 1.807) is 4.90 Å². The smallest absolute Gasteiger partial charge is 0.315 e. The van der Waals surface area contributed by atoms with Crippen LogP contribution in [-0.4, -0.2) is 80.3 Å². The molecule has 2 amide bonds. The molecule has 10 nitrogen and oxygen atoms in total. The fraction of sp³-hybridized carbons (Fsp3) is 0.640. The van der Waals surface area contributed by atoms with Crippen LogP contribution < -0.4 is 10.6 Å². The molecule has 35 heavy (non-hydrogen) atoms. The highest BCUT2D eigenvalue weighted by Gasteiger charge is 2.56. The van der Waals surface area contributed by atoms with Gasteiger partial charge in [0.25, 0.3) is 0 Å². The van der Waals surface area contributed by atoms with Crippen LogP contribution in [-0.2, 0) is 16.1 Å². The molecule has 4 heterocycles. The van der Waals surface area contributed by atoms with Crippen LogP contribution >= 0.6 is 0 Å². The van der Waals surface area contributed by atoms with Crippen LogP contribution in [0, 0.1) is 17.8 Å². The number of nitrogens with one attached hydrogen (secondary N) is 3. The number of hydrogen-bond donors (Lipinski definition) is 4. The molecular weight excluding hydrogens is 446 g/mol. The second-order valence-electron chi connectivity index (χ2n) is 11.5. The van der Waals surface area contributed by atoms with E-state index in [9.17, 15) is 14.7 Å². The van der Waals surface area contributed by atoms with Crippen LogP contribution in [0.5, 0.6) is 0 Å². The van der Waals surface area contributed by atoms with Crippen LogP contribution in [0.1, 0.15) is 43.7 Å². The number of carbonyl (C=O) groups is 2. The third kappa shape index (κ3) is 3.33. The van der Waals surface area contributed by atoms with Crippen molar-refractivity contribution >= 4 is 23.5 Å². The van der Waals surface area contributed by atoms with Crippen molar-refractivity contribution in [1.82, 2.24) is 24.6 Å². The topological polar surface area (TPSA) is 119 Å². The number of aromatic nitrogens is 3. The molecule has 5 atom stereocenters. The van der Waals surface area contributed by atoms with E-state index in [2.05, 4.69) is 25.2 Å². The SMILES string of the molecule is CN1CCN(C(=O)C(=O)Nc2nn(C3[C@@H]4CC5C[C@H]3CC(O)(C5)C4)c3c2CNc2[nH]ccc2-3)CC1. The van der Waals surface area contributed by atoms with Gasteiger partial charge in [0.15, 0.2) is 5.82 Å². The molecule has 2 aromatic heterocycles. The van der Waals surface area contributed by atoms with Crippen molar-refractivity contribution < 1.29 is 14.7 Å². The lowest BCUT2D eigenvalue weighted by Gasteiger charge is -2.58. The van der Waals surface area contributed by atoms with E-state index in [0.717, 1.165) is 67.8 Å². The summed E-state index contributed by atoms with van der Waals surface area (Å²) in [5, 5.41) is 22.4. The molecule has 2 aromatic rings. The molecule has 5 fully saturated rings. The number of aliphatic hydroxyl groups is 1. The number of amides is 2. The zero-order valence-electron chi connectivity index (χ0n) is 20.1. The molecule has 0 aromatic carbocycles. The minimum atomic E-state index is -0.624. The van der Waals surface area contributed by atoms with Crippen LogP contribution in [0.25, 0.3) is 11.3 Å². The molecule has 4 saturated carbocycles. The van der Waals surface area contributed by atoms with E-state index in [1.807, 2.05) is 19.3 Å². The molecule has 8 rings (SSSR count). The maximum atomic E-state index is 13.0. The Labute approximate surface area is 204 Å². The average Bonchev–Trinajstić information content (AvgIpc) is 3.42. The summed E-state index contributed by atoms with van der Waals surface area (Å²) in [6.07, 6.45) is 6.74. The molecule has 4 aliphatic carbocycles. The van der Waals surface area contributed by atoms with Gasteiger partial charge in [-0.3, -0.25) is 14.3 Å². The van der Waals surface area contributed by atoms with Crippen molar-refractivity contribution in [2.75, 3.05) is 43.9 Å². The summed E-state index contributed by atoms with van der Waals surface area (Å²) < 4.78 is 2.13. The Hall–Kier alpha value is -2.85. The molecule has 2 aliphatic heterocycles. The van der Waals surface area contributed by atoms with E-state index in [0.29, 0.717) is 43.2 Å². The Bertz CT molecular complexity index is 1180. The summed E-state index contributed by atoms with van der Waals surface area (Å²) in [6.45, 7) is 3.16. The maximum Gasteiger partial charge on any atom is 0.315 e. The van der Waals surface area contributed by atoms with Gasteiger partial charge in [-0.1, -0.05) is 0 Å². The van der Waals surface area contributed by atoms with Gasteiger partial charge in [0.1, 0.15) is 5.82 Å². The second kappa shape index (κ2) is 7.57. The Morgan fingerprint density at radius 1 is 1.14 bits per heavy atom. The predicted molar refractivity (Wildman–Crippen MR) is 130 cm³/mol. The largest absolute Gasteiger partial charge is 0.390 e. The minimum Gasteiger partial charge on any atom is -0.390 e. The number of nitrogens with zero attached hydrogens (tertiary/aromatic N) is 4. The number of H-pyrrole nitrogens is 1. The first-order valence-electron chi connectivity index (χ1n) is 12.9. The Morgan fingerprint density at radius 3 is 2.60 bits per heavy atom. The van der Waals surface area contributed by atoms with Gasteiger partial charge in [0.05, 0.1) is 17.3 Å². The van der Waals surface area contributed by atoms with Gasteiger partial charge in [-0.15, -0.1) is 0 Å². The number of rotatable bonds is 2. The highest BCUT2D eigenvalue weighted by molar-refractivity contribution is 6.39. The summed E-state index contributed by atoms with van der Waals surface area (Å²) in [5.74, 6) is 1.66. The van der Waals surface area contributed by atoms with Crippen molar-refractivity contribution in [2.24, 2.45) is 17.8 Å². The molecule has 1 saturated heterocycles. The van der Waals surface area contributed by atoms with Gasteiger partial charge >= 0.3 is 11.8 Å². The number of anilines is 2. The third-order valence-corrected chi connectivity index (χ3v) is 9.14. The van der Waals surface area contributed by atoms with Gasteiger partial charge in [0, 0.05) is 50.0 Å². The van der Waals surface area contributed by atoms with E-state index in [1.165, 1.54) is 0 Å². The highest BCUT2D eigenvalue weighted by Crippen LogP contribution is 2.60. The zero-order chi connectivity index (χ0) is 23.9. The van der Waals surface area contributed by atoms with Crippen LogP contribution in [0.4, 0.5) is 11.6 Å². The number of carbonyl (C=O) groups excluding carboxylic acids is 2. The van der Waals surface area contributed by atoms with Crippen molar-refractivity contribution in [2.45, 2.75) is 50.3 Å². The number of hydrogen-bond acceptors (Lipinski definition) is 6. The van der Waals surface area contributed by atoms with E-state index in [4.69, 9.17) is 5.10 Å². The average molecular weight is 480 g/mol. The lowest BCUT2D eigenvalue weighted by atomic mass is 9.52. The molecule has 6 aliphatic rings. The summed E-state index contributed by atoms with van der Waals surface area (Å²) in [6, 6.07) is 2.24. The first-order valence-corrected chi connectivity index (χ1v) is 12.9. The zero-order valence-corrected chi connectivity index (χ0v) is 20.1. The minimum absolute atomic E-state index is 0.195. The maximum absolute atomic E-state index is 13.0. The van der Waals surface area contributed by atoms with Gasteiger partial charge in [-0.05, 0) is 63.0 Å². The molecule has 10 heteroatoms. The number of aromatic amines is 1. The van der Waals surface area contributed by atoms with Gasteiger partial charge in [-0.25, -0.2) is 0 Å². The lowest BCUT2D eigenvalue weighted by molar-refractivity contribution is -0.148. The molecule has 0 spiro atoms. The fourth-order valence-corrected chi connectivity index (χ4v) is 7.80. The number of fused-ring (bicyclic) bond motifs is 3. The first kappa shape index (κ1) is 21.4. The molecule has 3 unspecified atom stereocenters. The highest BCUT2D eigenvalue weighted by atomic mass is 16.3. The molecular formula is C25H33N7O3. The number of piperazine rings is 1. The molecule has 0 radical (unpaired) electrons. The van der Waals surface area contributed by atoms with Crippen molar-refractivity contribution in [3.05, 3.63) is 17.8 Å². The summed E-state index contributed by atoms with van der Waals surface area (Å²) in [4.78, 5) is 33.0. The fourth-order valence-electron chi connectivity index (χ4n) is 7.80. The summed E-state index contributed by atoms with van der Waals surface area (Å²) in [5.41, 5.74) is 2.46. The Balaban J connectivity index is 1.23. The predicted octanol–water partition coefficient (Wildman–Crippen LogP) is 1.63. The van der Waals surface area contributed by atoms with Gasteiger partial charge < -0.3 is 30.5 Å². The molecule has 186 valence electrons. The molecule has 4 N–H and O–H groups in total. The van der Waals surface area contributed by atoms with Crippen molar-refractivity contribution in [1.29, 1.82) is 0 Å². The quantitative estimate of drug-likeness (QED) is 0.486. The summed E-state index contributed by atoms with van der Waals surface area (Å²) >= 11 is 0.